The minimum atomic E-state index is -2.87. The second-order valence-electron chi connectivity index (χ2n) is 5.12. The Bertz CT molecular complexity index is 906. The Hall–Kier alpha value is -2.03. The van der Waals surface area contributed by atoms with Crippen molar-refractivity contribution < 1.29 is 13.5 Å². The summed E-state index contributed by atoms with van der Waals surface area (Å²) in [7, 11) is 0. The highest BCUT2D eigenvalue weighted by molar-refractivity contribution is 7.98. The molecule has 0 fully saturated rings. The smallest absolute Gasteiger partial charge is 0.387 e. The van der Waals surface area contributed by atoms with Gasteiger partial charge in [0.1, 0.15) is 5.75 Å². The van der Waals surface area contributed by atoms with E-state index in [9.17, 15) is 8.78 Å². The molecule has 0 bridgehead atoms. The van der Waals surface area contributed by atoms with Crippen LogP contribution in [-0.4, -0.2) is 21.5 Å². The maximum absolute atomic E-state index is 12.2. The summed E-state index contributed by atoms with van der Waals surface area (Å²) in [5.74, 6) is 7.09. The van der Waals surface area contributed by atoms with Crippen molar-refractivity contribution in [3.8, 4) is 17.1 Å². The number of benzene rings is 2. The Morgan fingerprint density at radius 3 is 2.46 bits per heavy atom. The van der Waals surface area contributed by atoms with E-state index in [0.717, 1.165) is 5.56 Å². The quantitative estimate of drug-likeness (QED) is 0.459. The molecular formula is C16H12Cl2F2N4OS. The van der Waals surface area contributed by atoms with Crippen molar-refractivity contribution in [2.75, 3.05) is 5.84 Å². The lowest BCUT2D eigenvalue weighted by molar-refractivity contribution is -0.0498. The molecule has 0 aliphatic carbocycles. The van der Waals surface area contributed by atoms with E-state index in [1.807, 2.05) is 6.07 Å². The van der Waals surface area contributed by atoms with Gasteiger partial charge in [-0.3, -0.25) is 0 Å². The first kappa shape index (κ1) is 18.8. The first-order valence-corrected chi connectivity index (χ1v) is 9.00. The van der Waals surface area contributed by atoms with Crippen molar-refractivity contribution in [2.45, 2.75) is 17.5 Å². The molecule has 0 spiro atoms. The first-order valence-electron chi connectivity index (χ1n) is 7.26. The predicted octanol–water partition coefficient (Wildman–Crippen LogP) is 4.86. The number of aromatic nitrogens is 3. The summed E-state index contributed by atoms with van der Waals surface area (Å²) >= 11 is 13.3. The number of hydrogen-bond donors (Lipinski definition) is 1. The van der Waals surface area contributed by atoms with Crippen molar-refractivity contribution >= 4 is 35.0 Å². The van der Waals surface area contributed by atoms with Crippen LogP contribution >= 0.6 is 35.0 Å². The van der Waals surface area contributed by atoms with E-state index >= 15 is 0 Å². The van der Waals surface area contributed by atoms with Crippen LogP contribution in [0, 0.1) is 0 Å². The molecule has 0 atom stereocenters. The number of nitrogen functional groups attached to an aromatic ring is 1. The molecule has 2 N–H and O–H groups in total. The van der Waals surface area contributed by atoms with Crippen LogP contribution in [0.15, 0.2) is 47.6 Å². The van der Waals surface area contributed by atoms with E-state index in [4.69, 9.17) is 29.0 Å². The zero-order valence-corrected chi connectivity index (χ0v) is 15.4. The lowest BCUT2D eigenvalue weighted by atomic mass is 10.2. The molecule has 0 unspecified atom stereocenters. The Labute approximate surface area is 162 Å². The lowest BCUT2D eigenvalue weighted by Gasteiger charge is -2.06. The molecule has 0 aliphatic rings. The van der Waals surface area contributed by atoms with Crippen LogP contribution in [0.1, 0.15) is 5.56 Å². The van der Waals surface area contributed by atoms with Crippen molar-refractivity contribution in [3.05, 3.63) is 58.1 Å². The van der Waals surface area contributed by atoms with Crippen LogP contribution in [0.3, 0.4) is 0 Å². The van der Waals surface area contributed by atoms with Crippen molar-refractivity contribution in [1.29, 1.82) is 0 Å². The molecular weight excluding hydrogens is 405 g/mol. The number of halogens is 4. The molecule has 0 radical (unpaired) electrons. The van der Waals surface area contributed by atoms with Gasteiger partial charge in [0, 0.05) is 11.3 Å². The van der Waals surface area contributed by atoms with E-state index in [1.165, 1.54) is 28.6 Å². The van der Waals surface area contributed by atoms with Gasteiger partial charge in [0.15, 0.2) is 5.82 Å². The number of nitrogens with zero attached hydrogens (tertiary/aromatic N) is 3. The van der Waals surface area contributed by atoms with Gasteiger partial charge in [-0.2, -0.15) is 8.78 Å². The highest BCUT2D eigenvalue weighted by atomic mass is 35.5. The maximum Gasteiger partial charge on any atom is 0.387 e. The Morgan fingerprint density at radius 1 is 1.08 bits per heavy atom. The van der Waals surface area contributed by atoms with Gasteiger partial charge >= 0.3 is 6.61 Å². The summed E-state index contributed by atoms with van der Waals surface area (Å²) < 4.78 is 30.0. The minimum absolute atomic E-state index is 0.0565. The zero-order chi connectivity index (χ0) is 18.7. The van der Waals surface area contributed by atoms with Crippen molar-refractivity contribution in [2.24, 2.45) is 0 Å². The van der Waals surface area contributed by atoms with Gasteiger partial charge in [-0.1, -0.05) is 41.0 Å². The molecule has 1 aromatic heterocycles. The third kappa shape index (κ3) is 4.38. The number of hydrogen-bond acceptors (Lipinski definition) is 5. The molecule has 0 aliphatic heterocycles. The van der Waals surface area contributed by atoms with Crippen molar-refractivity contribution in [3.63, 3.8) is 0 Å². The Balaban J connectivity index is 1.72. The monoisotopic (exact) mass is 416 g/mol. The summed E-state index contributed by atoms with van der Waals surface area (Å²) in [6, 6.07) is 11.4. The van der Waals surface area contributed by atoms with Crippen LogP contribution in [0.5, 0.6) is 5.75 Å². The highest BCUT2D eigenvalue weighted by Gasteiger charge is 2.13. The van der Waals surface area contributed by atoms with Gasteiger partial charge in [0.05, 0.1) is 10.0 Å². The molecule has 26 heavy (non-hydrogen) atoms. The molecule has 3 aromatic rings. The molecule has 10 heteroatoms. The number of rotatable bonds is 6. The molecule has 2 aromatic carbocycles. The third-order valence-corrected chi connectivity index (χ3v) is 5.11. The predicted molar refractivity (Wildman–Crippen MR) is 98.3 cm³/mol. The van der Waals surface area contributed by atoms with E-state index in [-0.39, 0.29) is 5.75 Å². The van der Waals surface area contributed by atoms with E-state index in [1.54, 1.807) is 24.3 Å². The summed E-state index contributed by atoms with van der Waals surface area (Å²) in [5.41, 5.74) is 1.59. The summed E-state index contributed by atoms with van der Waals surface area (Å²) in [6.07, 6.45) is 0. The van der Waals surface area contributed by atoms with Crippen LogP contribution in [-0.2, 0) is 5.75 Å². The molecule has 0 amide bonds. The van der Waals surface area contributed by atoms with Gasteiger partial charge in [-0.25, -0.2) is 4.68 Å². The average Bonchev–Trinajstić information content (AvgIpc) is 2.97. The second kappa shape index (κ2) is 8.11. The zero-order valence-electron chi connectivity index (χ0n) is 13.1. The second-order valence-corrected chi connectivity index (χ2v) is 6.87. The number of ether oxygens (including phenoxy) is 1. The standard InChI is InChI=1S/C16H12Cl2F2N4OS/c17-12-6-1-9(7-13(12)18)8-26-16-23-22-14(24(16)21)10-2-4-11(5-3-10)25-15(19)20/h1-7,15H,8,21H2. The molecule has 0 saturated heterocycles. The minimum Gasteiger partial charge on any atom is -0.435 e. The molecule has 1 heterocycles. The first-order chi connectivity index (χ1) is 12.4. The molecule has 3 rings (SSSR count). The van der Waals surface area contributed by atoms with Gasteiger partial charge in [-0.15, -0.1) is 10.2 Å². The van der Waals surface area contributed by atoms with Crippen LogP contribution in [0.2, 0.25) is 10.0 Å². The lowest BCUT2D eigenvalue weighted by Crippen LogP contribution is -2.11. The van der Waals surface area contributed by atoms with Gasteiger partial charge in [0.25, 0.3) is 0 Å². The fraction of sp³-hybridized carbons (Fsp3) is 0.125. The molecule has 5 nitrogen and oxygen atoms in total. The SMILES string of the molecule is Nn1c(SCc2ccc(Cl)c(Cl)c2)nnc1-c1ccc(OC(F)F)cc1. The Kier molecular flexibility index (Phi) is 5.85. The van der Waals surface area contributed by atoms with Crippen LogP contribution in [0.25, 0.3) is 11.4 Å². The van der Waals surface area contributed by atoms with E-state index in [0.29, 0.717) is 32.3 Å². The van der Waals surface area contributed by atoms with Crippen molar-refractivity contribution in [1.82, 2.24) is 14.9 Å². The fourth-order valence-electron chi connectivity index (χ4n) is 2.14. The van der Waals surface area contributed by atoms with Gasteiger partial charge in [-0.05, 0) is 42.0 Å². The van der Waals surface area contributed by atoms with Gasteiger partial charge < -0.3 is 10.6 Å². The number of nitrogens with two attached hydrogens (primary N) is 1. The van der Waals surface area contributed by atoms with Gasteiger partial charge in [0.2, 0.25) is 5.16 Å². The summed E-state index contributed by atoms with van der Waals surface area (Å²) in [5, 5.41) is 9.58. The largest absolute Gasteiger partial charge is 0.435 e. The van der Waals surface area contributed by atoms with E-state index < -0.39 is 6.61 Å². The van der Waals surface area contributed by atoms with E-state index in [2.05, 4.69) is 14.9 Å². The highest BCUT2D eigenvalue weighted by Crippen LogP contribution is 2.28. The molecule has 136 valence electrons. The fourth-order valence-corrected chi connectivity index (χ4v) is 3.26. The summed E-state index contributed by atoms with van der Waals surface area (Å²) in [4.78, 5) is 0. The summed E-state index contributed by atoms with van der Waals surface area (Å²) in [6.45, 7) is -2.87. The normalized spacial score (nSPS) is 11.1. The topological polar surface area (TPSA) is 66.0 Å². The van der Waals surface area contributed by atoms with Crippen LogP contribution in [0.4, 0.5) is 8.78 Å². The number of alkyl halides is 2. The third-order valence-electron chi connectivity index (χ3n) is 3.35. The average molecular weight is 417 g/mol. The Morgan fingerprint density at radius 2 is 1.81 bits per heavy atom. The number of thioether (sulfide) groups is 1. The maximum atomic E-state index is 12.2. The molecule has 0 saturated carbocycles. The van der Waals surface area contributed by atoms with Crippen LogP contribution < -0.4 is 10.6 Å².